The number of rotatable bonds is 3. The molecule has 1 atom stereocenters. The van der Waals surface area contributed by atoms with Crippen LogP contribution in [0.5, 0.6) is 0 Å². The van der Waals surface area contributed by atoms with Crippen molar-refractivity contribution >= 4 is 18.0 Å². The minimum Gasteiger partial charge on any atom is -0.272 e. The lowest BCUT2D eigenvalue weighted by atomic mass is 9.98. The first-order chi connectivity index (χ1) is 10.3. The fraction of sp³-hybridized carbons (Fsp3) is 0.125. The largest absolute Gasteiger partial charge is 0.272 e. The molecular formula is C16H13N3O2. The van der Waals surface area contributed by atoms with Crippen LogP contribution in [0.15, 0.2) is 60.0 Å². The Morgan fingerprint density at radius 1 is 1.10 bits per heavy atom. The van der Waals surface area contributed by atoms with Crippen molar-refractivity contribution in [1.29, 1.82) is 0 Å². The first kappa shape index (κ1) is 13.2. The molecule has 1 aromatic carbocycles. The van der Waals surface area contributed by atoms with E-state index in [1.165, 1.54) is 6.21 Å². The Morgan fingerprint density at radius 2 is 1.81 bits per heavy atom. The first-order valence-electron chi connectivity index (χ1n) is 6.61. The van der Waals surface area contributed by atoms with Crippen LogP contribution in [0.3, 0.4) is 0 Å². The second kappa shape index (κ2) is 5.66. The number of aromatic nitrogens is 1. The second-order valence-corrected chi connectivity index (χ2v) is 4.74. The van der Waals surface area contributed by atoms with Gasteiger partial charge in [0.2, 0.25) is 0 Å². The van der Waals surface area contributed by atoms with Crippen LogP contribution < -0.4 is 0 Å². The fourth-order valence-electron chi connectivity index (χ4n) is 2.26. The summed E-state index contributed by atoms with van der Waals surface area (Å²) in [5.41, 5.74) is 1.63. The molecule has 21 heavy (non-hydrogen) atoms. The molecule has 3 rings (SSSR count). The van der Waals surface area contributed by atoms with Gasteiger partial charge in [-0.3, -0.25) is 14.6 Å². The van der Waals surface area contributed by atoms with Gasteiger partial charge in [0.15, 0.2) is 0 Å². The van der Waals surface area contributed by atoms with Crippen molar-refractivity contribution in [2.75, 3.05) is 0 Å². The van der Waals surface area contributed by atoms with Gasteiger partial charge in [-0.15, -0.1) is 0 Å². The average Bonchev–Trinajstić information content (AvgIpc) is 2.82. The molecule has 0 N–H and O–H groups in total. The number of nitrogens with zero attached hydrogens (tertiary/aromatic N) is 3. The van der Waals surface area contributed by atoms with Gasteiger partial charge in [0.05, 0.1) is 12.1 Å². The lowest BCUT2D eigenvalue weighted by Gasteiger charge is -2.08. The summed E-state index contributed by atoms with van der Waals surface area (Å²) in [5.74, 6) is -0.996. The van der Waals surface area contributed by atoms with Crippen LogP contribution >= 0.6 is 0 Å². The monoisotopic (exact) mass is 279 g/mol. The van der Waals surface area contributed by atoms with Crippen LogP contribution in [0.25, 0.3) is 0 Å². The quantitative estimate of drug-likeness (QED) is 0.637. The summed E-state index contributed by atoms with van der Waals surface area (Å²) in [5, 5.41) is 4.97. The molecule has 104 valence electrons. The topological polar surface area (TPSA) is 62.6 Å². The van der Waals surface area contributed by atoms with Gasteiger partial charge in [0, 0.05) is 18.8 Å². The fourth-order valence-corrected chi connectivity index (χ4v) is 2.26. The molecule has 1 aromatic heterocycles. The van der Waals surface area contributed by atoms with Crippen molar-refractivity contribution < 1.29 is 9.59 Å². The number of hydrogen-bond acceptors (Lipinski definition) is 4. The number of carbonyl (C=O) groups is 2. The van der Waals surface area contributed by atoms with Crippen LogP contribution in [0.1, 0.15) is 23.5 Å². The van der Waals surface area contributed by atoms with E-state index in [0.29, 0.717) is 0 Å². The predicted molar refractivity (Wildman–Crippen MR) is 77.5 cm³/mol. The number of imide groups is 1. The molecule has 2 heterocycles. The van der Waals surface area contributed by atoms with Crippen LogP contribution in [0.2, 0.25) is 0 Å². The van der Waals surface area contributed by atoms with Gasteiger partial charge in [0.25, 0.3) is 11.8 Å². The molecule has 1 fully saturated rings. The van der Waals surface area contributed by atoms with E-state index in [-0.39, 0.29) is 18.2 Å². The third-order valence-corrected chi connectivity index (χ3v) is 3.35. The molecule has 5 nitrogen and oxygen atoms in total. The summed E-state index contributed by atoms with van der Waals surface area (Å²) in [7, 11) is 0. The second-order valence-electron chi connectivity index (χ2n) is 4.74. The van der Waals surface area contributed by atoms with Crippen molar-refractivity contribution in [3.05, 3.63) is 66.0 Å². The van der Waals surface area contributed by atoms with E-state index in [9.17, 15) is 9.59 Å². The van der Waals surface area contributed by atoms with Gasteiger partial charge < -0.3 is 0 Å². The zero-order valence-corrected chi connectivity index (χ0v) is 11.2. The van der Waals surface area contributed by atoms with Gasteiger partial charge in [-0.2, -0.15) is 10.1 Å². The maximum absolute atomic E-state index is 12.3. The summed E-state index contributed by atoms with van der Waals surface area (Å²) in [6, 6.07) is 12.8. The zero-order chi connectivity index (χ0) is 14.7. The van der Waals surface area contributed by atoms with Gasteiger partial charge >= 0.3 is 0 Å². The Kier molecular flexibility index (Phi) is 3.55. The normalized spacial score (nSPS) is 18.7. The van der Waals surface area contributed by atoms with Crippen molar-refractivity contribution in [3.8, 4) is 0 Å². The molecule has 1 aliphatic heterocycles. The molecule has 0 bridgehead atoms. The van der Waals surface area contributed by atoms with Gasteiger partial charge in [-0.05, 0) is 23.3 Å². The van der Waals surface area contributed by atoms with E-state index in [2.05, 4.69) is 10.1 Å². The number of carbonyl (C=O) groups excluding carboxylic acids is 2. The SMILES string of the molecule is O=C1CC(c2ccccc2)C(=O)N1N=Cc1ccncc1. The molecule has 1 saturated heterocycles. The van der Waals surface area contributed by atoms with E-state index >= 15 is 0 Å². The van der Waals surface area contributed by atoms with Crippen LogP contribution in [-0.2, 0) is 9.59 Å². The van der Waals surface area contributed by atoms with E-state index in [0.717, 1.165) is 16.1 Å². The molecular weight excluding hydrogens is 266 g/mol. The number of hydrogen-bond donors (Lipinski definition) is 0. The smallest absolute Gasteiger partial charge is 0.257 e. The molecule has 1 aliphatic rings. The molecule has 0 aliphatic carbocycles. The molecule has 1 unspecified atom stereocenters. The van der Waals surface area contributed by atoms with Crippen LogP contribution in [0.4, 0.5) is 0 Å². The zero-order valence-electron chi connectivity index (χ0n) is 11.2. The molecule has 5 heteroatoms. The highest BCUT2D eigenvalue weighted by Gasteiger charge is 2.39. The number of amides is 2. The third kappa shape index (κ3) is 2.72. The van der Waals surface area contributed by atoms with E-state index in [1.807, 2.05) is 30.3 Å². The number of pyridine rings is 1. The summed E-state index contributed by atoms with van der Waals surface area (Å²) < 4.78 is 0. The van der Waals surface area contributed by atoms with Crippen molar-refractivity contribution in [1.82, 2.24) is 9.99 Å². The predicted octanol–water partition coefficient (Wildman–Crippen LogP) is 1.96. The Bertz CT molecular complexity index is 683. The van der Waals surface area contributed by atoms with Crippen molar-refractivity contribution in [3.63, 3.8) is 0 Å². The minimum absolute atomic E-state index is 0.163. The molecule has 2 aromatic rings. The van der Waals surface area contributed by atoms with E-state index in [1.54, 1.807) is 24.5 Å². The average molecular weight is 279 g/mol. The maximum atomic E-state index is 12.3. The van der Waals surface area contributed by atoms with Crippen molar-refractivity contribution in [2.24, 2.45) is 5.10 Å². The Labute approximate surface area is 121 Å². The van der Waals surface area contributed by atoms with Crippen LogP contribution in [0, 0.1) is 0 Å². The van der Waals surface area contributed by atoms with E-state index in [4.69, 9.17) is 0 Å². The van der Waals surface area contributed by atoms with E-state index < -0.39 is 5.92 Å². The Hall–Kier alpha value is -2.82. The maximum Gasteiger partial charge on any atom is 0.257 e. The molecule has 0 saturated carbocycles. The molecule has 0 radical (unpaired) electrons. The van der Waals surface area contributed by atoms with Gasteiger partial charge in [-0.25, -0.2) is 0 Å². The lowest BCUT2D eigenvalue weighted by molar-refractivity contribution is -0.138. The van der Waals surface area contributed by atoms with Crippen LogP contribution in [-0.4, -0.2) is 28.0 Å². The molecule has 0 spiro atoms. The Balaban J connectivity index is 1.80. The summed E-state index contributed by atoms with van der Waals surface area (Å²) >= 11 is 0. The standard InChI is InChI=1S/C16H13N3O2/c20-15-10-14(13-4-2-1-3-5-13)16(21)19(15)18-11-12-6-8-17-9-7-12/h1-9,11,14H,10H2. The first-order valence-corrected chi connectivity index (χ1v) is 6.61. The third-order valence-electron chi connectivity index (χ3n) is 3.35. The minimum atomic E-state index is -0.437. The highest BCUT2D eigenvalue weighted by Crippen LogP contribution is 2.29. The van der Waals surface area contributed by atoms with Gasteiger partial charge in [-0.1, -0.05) is 30.3 Å². The molecule has 2 amide bonds. The summed E-state index contributed by atoms with van der Waals surface area (Å²) in [4.78, 5) is 28.2. The van der Waals surface area contributed by atoms with Crippen molar-refractivity contribution in [2.45, 2.75) is 12.3 Å². The number of benzene rings is 1. The lowest BCUT2D eigenvalue weighted by Crippen LogP contribution is -2.24. The summed E-state index contributed by atoms with van der Waals surface area (Å²) in [6.07, 6.45) is 4.91. The summed E-state index contributed by atoms with van der Waals surface area (Å²) in [6.45, 7) is 0. The Morgan fingerprint density at radius 3 is 2.52 bits per heavy atom. The highest BCUT2D eigenvalue weighted by atomic mass is 16.2. The number of hydrazone groups is 1. The van der Waals surface area contributed by atoms with Gasteiger partial charge in [0.1, 0.15) is 0 Å². The highest BCUT2D eigenvalue weighted by molar-refractivity contribution is 6.06.